The van der Waals surface area contributed by atoms with Crippen LogP contribution < -0.4 is 0 Å². The Kier molecular flexibility index (Phi) is 4.23. The van der Waals surface area contributed by atoms with E-state index >= 15 is 0 Å². The topological polar surface area (TPSA) is 9.23 Å². The van der Waals surface area contributed by atoms with E-state index in [2.05, 4.69) is 0 Å². The molecule has 1 fully saturated rings. The van der Waals surface area contributed by atoms with Crippen molar-refractivity contribution in [3.8, 4) is 0 Å². The molecule has 1 aromatic carbocycles. The average molecular weight is 275 g/mol. The summed E-state index contributed by atoms with van der Waals surface area (Å²) < 4.78 is 32.5. The number of rotatable bonds is 5. The van der Waals surface area contributed by atoms with Crippen LogP contribution in [-0.2, 0) is 11.2 Å². The van der Waals surface area contributed by atoms with E-state index in [4.69, 9.17) is 16.3 Å². The number of alkyl halides is 1. The van der Waals surface area contributed by atoms with Gasteiger partial charge >= 0.3 is 0 Å². The molecule has 0 saturated heterocycles. The van der Waals surface area contributed by atoms with Gasteiger partial charge in [-0.05, 0) is 44.2 Å². The summed E-state index contributed by atoms with van der Waals surface area (Å²) in [6.07, 6.45) is 3.93. The van der Waals surface area contributed by atoms with Crippen molar-refractivity contribution in [1.29, 1.82) is 0 Å². The number of halogens is 3. The number of methoxy groups -OCH3 is 1. The zero-order chi connectivity index (χ0) is 13.2. The van der Waals surface area contributed by atoms with Gasteiger partial charge in [-0.2, -0.15) is 0 Å². The molecule has 100 valence electrons. The minimum atomic E-state index is -0.527. The smallest absolute Gasteiger partial charge is 0.129 e. The summed E-state index contributed by atoms with van der Waals surface area (Å²) in [7, 11) is 1.67. The number of benzene rings is 1. The van der Waals surface area contributed by atoms with E-state index in [0.717, 1.165) is 19.3 Å². The van der Waals surface area contributed by atoms with E-state index in [1.54, 1.807) is 7.11 Å². The molecule has 18 heavy (non-hydrogen) atoms. The van der Waals surface area contributed by atoms with Gasteiger partial charge in [0, 0.05) is 18.1 Å². The largest absolute Gasteiger partial charge is 0.378 e. The second-order valence-electron chi connectivity index (χ2n) is 4.95. The summed E-state index contributed by atoms with van der Waals surface area (Å²) in [4.78, 5) is 0. The minimum absolute atomic E-state index is 0.0723. The maximum Gasteiger partial charge on any atom is 0.129 e. The van der Waals surface area contributed by atoms with Crippen molar-refractivity contribution in [3.05, 3.63) is 35.4 Å². The van der Waals surface area contributed by atoms with Crippen molar-refractivity contribution < 1.29 is 13.5 Å². The molecule has 1 aromatic rings. The molecule has 4 heteroatoms. The molecule has 0 amide bonds. The molecule has 1 saturated carbocycles. The molecule has 1 aliphatic rings. The first kappa shape index (κ1) is 13.8. The first-order chi connectivity index (χ1) is 8.56. The van der Waals surface area contributed by atoms with Gasteiger partial charge in [0.2, 0.25) is 0 Å². The standard InChI is InChI=1S/C14H17ClF2O/c1-18-14(6-3-7-14)9-10(15)8-11-12(16)4-2-5-13(11)17/h2,4-5,10H,3,6-9H2,1H3. The monoisotopic (exact) mass is 274 g/mol. The summed E-state index contributed by atoms with van der Waals surface area (Å²) in [5, 5.41) is -0.309. The van der Waals surface area contributed by atoms with Crippen LogP contribution in [0.2, 0.25) is 0 Å². The minimum Gasteiger partial charge on any atom is -0.378 e. The fourth-order valence-corrected chi connectivity index (χ4v) is 2.92. The van der Waals surface area contributed by atoms with Crippen LogP contribution in [0.4, 0.5) is 8.78 Å². The summed E-state index contributed by atoms with van der Waals surface area (Å²) in [6.45, 7) is 0. The Morgan fingerprint density at radius 3 is 2.39 bits per heavy atom. The third kappa shape index (κ3) is 2.83. The van der Waals surface area contributed by atoms with Crippen LogP contribution in [0.5, 0.6) is 0 Å². The van der Waals surface area contributed by atoms with Crippen molar-refractivity contribution in [1.82, 2.24) is 0 Å². The predicted octanol–water partition coefficient (Wildman–Crippen LogP) is 4.07. The van der Waals surface area contributed by atoms with E-state index in [-0.39, 0.29) is 23.0 Å². The first-order valence-corrected chi connectivity index (χ1v) is 6.62. The maximum absolute atomic E-state index is 13.5. The van der Waals surface area contributed by atoms with Gasteiger partial charge in [0.05, 0.1) is 5.60 Å². The quantitative estimate of drug-likeness (QED) is 0.736. The summed E-state index contributed by atoms with van der Waals surface area (Å²) in [5.74, 6) is -1.05. The third-order valence-electron chi connectivity index (χ3n) is 3.78. The highest BCUT2D eigenvalue weighted by atomic mass is 35.5. The fraction of sp³-hybridized carbons (Fsp3) is 0.571. The molecule has 1 unspecified atom stereocenters. The molecule has 1 atom stereocenters. The van der Waals surface area contributed by atoms with Crippen LogP contribution in [0.3, 0.4) is 0 Å². The lowest BCUT2D eigenvalue weighted by Gasteiger charge is -2.41. The molecule has 2 rings (SSSR count). The van der Waals surface area contributed by atoms with Crippen LogP contribution in [0.25, 0.3) is 0 Å². The van der Waals surface area contributed by atoms with Crippen LogP contribution in [0.15, 0.2) is 18.2 Å². The Hall–Kier alpha value is -0.670. The fourth-order valence-electron chi connectivity index (χ4n) is 2.49. The number of ether oxygens (including phenoxy) is 1. The molecular formula is C14H17ClF2O. The average Bonchev–Trinajstić information content (AvgIpc) is 2.29. The Morgan fingerprint density at radius 2 is 1.94 bits per heavy atom. The Morgan fingerprint density at radius 1 is 1.33 bits per heavy atom. The normalized spacial score (nSPS) is 19.3. The van der Waals surface area contributed by atoms with Crippen molar-refractivity contribution in [2.45, 2.75) is 43.1 Å². The van der Waals surface area contributed by atoms with Gasteiger partial charge in [-0.15, -0.1) is 11.6 Å². The molecule has 0 N–H and O–H groups in total. The van der Waals surface area contributed by atoms with Crippen LogP contribution >= 0.6 is 11.6 Å². The van der Waals surface area contributed by atoms with Crippen molar-refractivity contribution >= 4 is 11.6 Å². The van der Waals surface area contributed by atoms with Gasteiger partial charge in [-0.25, -0.2) is 8.78 Å². The lowest BCUT2D eigenvalue weighted by atomic mass is 9.76. The van der Waals surface area contributed by atoms with Gasteiger partial charge in [0.1, 0.15) is 11.6 Å². The summed E-state index contributed by atoms with van der Waals surface area (Å²) in [5.41, 5.74) is -0.100. The predicted molar refractivity (Wildman–Crippen MR) is 67.9 cm³/mol. The Balaban J connectivity index is 2.01. The molecule has 0 aromatic heterocycles. The number of hydrogen-bond donors (Lipinski definition) is 0. The molecule has 0 bridgehead atoms. The van der Waals surface area contributed by atoms with E-state index in [1.807, 2.05) is 0 Å². The zero-order valence-electron chi connectivity index (χ0n) is 10.4. The second-order valence-corrected chi connectivity index (χ2v) is 5.56. The molecular weight excluding hydrogens is 258 g/mol. The van der Waals surface area contributed by atoms with Gasteiger partial charge < -0.3 is 4.74 Å². The van der Waals surface area contributed by atoms with Crippen molar-refractivity contribution in [3.63, 3.8) is 0 Å². The van der Waals surface area contributed by atoms with Gasteiger partial charge in [-0.1, -0.05) is 6.07 Å². The maximum atomic E-state index is 13.5. The summed E-state index contributed by atoms with van der Waals surface area (Å²) >= 11 is 6.22. The molecule has 0 radical (unpaired) electrons. The Labute approximate surface area is 111 Å². The highest BCUT2D eigenvalue weighted by Gasteiger charge is 2.38. The van der Waals surface area contributed by atoms with E-state index in [1.165, 1.54) is 18.2 Å². The third-order valence-corrected chi connectivity index (χ3v) is 4.09. The second kappa shape index (κ2) is 5.54. The zero-order valence-corrected chi connectivity index (χ0v) is 11.1. The van der Waals surface area contributed by atoms with Crippen LogP contribution in [0.1, 0.15) is 31.2 Å². The van der Waals surface area contributed by atoms with Crippen LogP contribution in [-0.4, -0.2) is 18.1 Å². The molecule has 0 heterocycles. The van der Waals surface area contributed by atoms with E-state index in [9.17, 15) is 8.78 Å². The highest BCUT2D eigenvalue weighted by Crippen LogP contribution is 2.40. The van der Waals surface area contributed by atoms with Crippen LogP contribution in [0, 0.1) is 11.6 Å². The highest BCUT2D eigenvalue weighted by molar-refractivity contribution is 6.20. The van der Waals surface area contributed by atoms with E-state index in [0.29, 0.717) is 6.42 Å². The van der Waals surface area contributed by atoms with Gasteiger partial charge in [-0.3, -0.25) is 0 Å². The SMILES string of the molecule is COC1(CC(Cl)Cc2c(F)cccc2F)CCC1. The summed E-state index contributed by atoms with van der Waals surface area (Å²) in [6, 6.07) is 3.88. The lowest BCUT2D eigenvalue weighted by Crippen LogP contribution is -2.41. The Bertz CT molecular complexity index is 392. The molecule has 1 aliphatic carbocycles. The number of hydrogen-bond acceptors (Lipinski definition) is 1. The van der Waals surface area contributed by atoms with Gasteiger partial charge in [0.25, 0.3) is 0 Å². The lowest BCUT2D eigenvalue weighted by molar-refractivity contribution is -0.0778. The van der Waals surface area contributed by atoms with Crippen molar-refractivity contribution in [2.75, 3.05) is 7.11 Å². The van der Waals surface area contributed by atoms with Gasteiger partial charge in [0.15, 0.2) is 0 Å². The molecule has 0 spiro atoms. The van der Waals surface area contributed by atoms with E-state index < -0.39 is 11.6 Å². The molecule has 0 aliphatic heterocycles. The molecule has 1 nitrogen and oxygen atoms in total. The first-order valence-electron chi connectivity index (χ1n) is 6.18. The van der Waals surface area contributed by atoms with Crippen molar-refractivity contribution in [2.24, 2.45) is 0 Å².